The number of hydrogen-bond acceptors (Lipinski definition) is 5. The molecule has 0 spiro atoms. The molecule has 7 nitrogen and oxygen atoms in total. The zero-order chi connectivity index (χ0) is 16.7. The fraction of sp³-hybridized carbons (Fsp3) is 0.800. The molecule has 0 aromatic heterocycles. The molecule has 126 valence electrons. The first-order valence-corrected chi connectivity index (χ1v) is 7.69. The fourth-order valence-electron chi connectivity index (χ4n) is 2.18. The van der Waals surface area contributed by atoms with Gasteiger partial charge in [-0.05, 0) is 32.9 Å². The van der Waals surface area contributed by atoms with Gasteiger partial charge in [-0.15, -0.1) is 0 Å². The summed E-state index contributed by atoms with van der Waals surface area (Å²) in [6.45, 7) is 4.78. The SMILES string of the molecule is CC(C)CCC(=O)NC(=O)NC1C(=O)COC1CCN(C)C. The Kier molecular flexibility index (Phi) is 7.47. The van der Waals surface area contributed by atoms with Gasteiger partial charge in [-0.1, -0.05) is 13.8 Å². The molecule has 1 rings (SSSR count). The van der Waals surface area contributed by atoms with Crippen molar-refractivity contribution in [2.75, 3.05) is 27.2 Å². The van der Waals surface area contributed by atoms with Crippen molar-refractivity contribution in [1.29, 1.82) is 0 Å². The maximum Gasteiger partial charge on any atom is 0.322 e. The standard InChI is InChI=1S/C15H27N3O4/c1-10(2)5-6-13(20)16-15(21)17-14-11(19)9-22-12(14)7-8-18(3)4/h10,12,14H,5-9H2,1-4H3,(H2,16,17,20,21). The largest absolute Gasteiger partial charge is 0.368 e. The Balaban J connectivity index is 2.43. The van der Waals surface area contributed by atoms with E-state index in [9.17, 15) is 14.4 Å². The maximum atomic E-state index is 11.8. The number of carbonyl (C=O) groups is 3. The zero-order valence-corrected chi connectivity index (χ0v) is 13.8. The number of nitrogens with zero attached hydrogens (tertiary/aromatic N) is 1. The van der Waals surface area contributed by atoms with E-state index in [1.54, 1.807) is 0 Å². The smallest absolute Gasteiger partial charge is 0.322 e. The normalized spacial score (nSPS) is 21.5. The van der Waals surface area contributed by atoms with Gasteiger partial charge in [0.2, 0.25) is 5.91 Å². The Hall–Kier alpha value is -1.47. The summed E-state index contributed by atoms with van der Waals surface area (Å²) >= 11 is 0. The van der Waals surface area contributed by atoms with Crippen LogP contribution in [0.15, 0.2) is 0 Å². The van der Waals surface area contributed by atoms with E-state index in [1.165, 1.54) is 0 Å². The van der Waals surface area contributed by atoms with Gasteiger partial charge in [0.25, 0.3) is 0 Å². The molecule has 22 heavy (non-hydrogen) atoms. The lowest BCUT2D eigenvalue weighted by Crippen LogP contribution is -2.50. The lowest BCUT2D eigenvalue weighted by Gasteiger charge is -2.20. The fourth-order valence-corrected chi connectivity index (χ4v) is 2.18. The van der Waals surface area contributed by atoms with E-state index in [1.807, 2.05) is 32.8 Å². The molecule has 1 aliphatic rings. The molecule has 0 aromatic carbocycles. The summed E-state index contributed by atoms with van der Waals surface area (Å²) < 4.78 is 5.41. The lowest BCUT2D eigenvalue weighted by molar-refractivity contribution is -0.121. The van der Waals surface area contributed by atoms with Crippen molar-refractivity contribution >= 4 is 17.7 Å². The second kappa shape index (κ2) is 8.85. The van der Waals surface area contributed by atoms with Crippen LogP contribution in [0.4, 0.5) is 4.79 Å². The molecule has 0 aliphatic carbocycles. The lowest BCUT2D eigenvalue weighted by atomic mass is 10.1. The molecule has 7 heteroatoms. The minimum absolute atomic E-state index is 0.00430. The molecular formula is C15H27N3O4. The number of nitrogens with one attached hydrogen (secondary N) is 2. The van der Waals surface area contributed by atoms with E-state index in [0.717, 1.165) is 13.0 Å². The number of ketones is 1. The second-order valence-electron chi connectivity index (χ2n) is 6.34. The van der Waals surface area contributed by atoms with E-state index >= 15 is 0 Å². The first kappa shape index (κ1) is 18.6. The van der Waals surface area contributed by atoms with E-state index in [4.69, 9.17) is 4.74 Å². The highest BCUT2D eigenvalue weighted by Crippen LogP contribution is 2.14. The molecule has 1 heterocycles. The van der Waals surface area contributed by atoms with Crippen LogP contribution >= 0.6 is 0 Å². The molecule has 0 aromatic rings. The average molecular weight is 313 g/mol. The van der Waals surface area contributed by atoms with Crippen LogP contribution in [-0.2, 0) is 14.3 Å². The molecule has 2 atom stereocenters. The second-order valence-corrected chi connectivity index (χ2v) is 6.34. The minimum atomic E-state index is -0.683. The van der Waals surface area contributed by atoms with Gasteiger partial charge in [0.15, 0.2) is 5.78 Å². The third-order valence-electron chi connectivity index (χ3n) is 3.51. The van der Waals surface area contributed by atoms with Crippen molar-refractivity contribution in [3.05, 3.63) is 0 Å². The van der Waals surface area contributed by atoms with Crippen molar-refractivity contribution < 1.29 is 19.1 Å². The Morgan fingerprint density at radius 3 is 2.64 bits per heavy atom. The number of carbonyl (C=O) groups excluding carboxylic acids is 3. The van der Waals surface area contributed by atoms with Gasteiger partial charge in [0.05, 0.1) is 6.10 Å². The highest BCUT2D eigenvalue weighted by atomic mass is 16.5. The molecule has 1 fully saturated rings. The molecule has 0 radical (unpaired) electrons. The van der Waals surface area contributed by atoms with Crippen LogP contribution in [-0.4, -0.2) is 62.0 Å². The predicted octanol–water partition coefficient (Wildman–Crippen LogP) is 0.537. The summed E-state index contributed by atoms with van der Waals surface area (Å²) in [5.41, 5.74) is 0. The third kappa shape index (κ3) is 6.53. The van der Waals surface area contributed by atoms with Gasteiger partial charge in [-0.25, -0.2) is 4.79 Å². The zero-order valence-electron chi connectivity index (χ0n) is 13.8. The number of rotatable bonds is 7. The Morgan fingerprint density at radius 2 is 2.05 bits per heavy atom. The van der Waals surface area contributed by atoms with Gasteiger partial charge in [-0.3, -0.25) is 14.9 Å². The van der Waals surface area contributed by atoms with Crippen LogP contribution in [0.3, 0.4) is 0 Å². The van der Waals surface area contributed by atoms with Crippen LogP contribution in [0.25, 0.3) is 0 Å². The minimum Gasteiger partial charge on any atom is -0.368 e. The Labute approximate surface area is 131 Å². The highest BCUT2D eigenvalue weighted by Gasteiger charge is 2.36. The molecule has 1 aliphatic heterocycles. The monoisotopic (exact) mass is 313 g/mol. The summed E-state index contributed by atoms with van der Waals surface area (Å²) in [6.07, 6.45) is 1.32. The first-order chi connectivity index (χ1) is 10.3. The highest BCUT2D eigenvalue weighted by molar-refractivity contribution is 5.97. The van der Waals surface area contributed by atoms with Crippen LogP contribution in [0.5, 0.6) is 0 Å². The Bertz CT molecular complexity index is 410. The number of imide groups is 1. The average Bonchev–Trinajstić information content (AvgIpc) is 2.75. The molecular weight excluding hydrogens is 286 g/mol. The van der Waals surface area contributed by atoms with Gasteiger partial charge in [0.1, 0.15) is 12.6 Å². The van der Waals surface area contributed by atoms with E-state index in [-0.39, 0.29) is 24.4 Å². The number of urea groups is 1. The molecule has 1 saturated heterocycles. The topological polar surface area (TPSA) is 87.7 Å². The van der Waals surface area contributed by atoms with Crippen LogP contribution in [0.2, 0.25) is 0 Å². The number of Topliss-reactive ketones (excluding diaryl/α,β-unsaturated/α-hetero) is 1. The summed E-state index contributed by atoms with van der Waals surface area (Å²) in [5.74, 6) is -0.0926. The summed E-state index contributed by atoms with van der Waals surface area (Å²) in [5, 5.41) is 4.82. The van der Waals surface area contributed by atoms with Crippen molar-refractivity contribution in [3.63, 3.8) is 0 Å². The Morgan fingerprint density at radius 1 is 1.36 bits per heavy atom. The van der Waals surface area contributed by atoms with E-state index in [2.05, 4.69) is 10.6 Å². The van der Waals surface area contributed by atoms with Gasteiger partial charge in [-0.2, -0.15) is 0 Å². The summed E-state index contributed by atoms with van der Waals surface area (Å²) in [7, 11) is 3.86. The van der Waals surface area contributed by atoms with E-state index < -0.39 is 12.1 Å². The van der Waals surface area contributed by atoms with Crippen LogP contribution in [0, 0.1) is 5.92 Å². The quantitative estimate of drug-likeness (QED) is 0.716. The number of amides is 3. The molecule has 0 saturated carbocycles. The molecule has 2 N–H and O–H groups in total. The van der Waals surface area contributed by atoms with Gasteiger partial charge >= 0.3 is 6.03 Å². The van der Waals surface area contributed by atoms with Crippen molar-refractivity contribution in [1.82, 2.24) is 15.5 Å². The first-order valence-electron chi connectivity index (χ1n) is 7.69. The van der Waals surface area contributed by atoms with Crippen LogP contribution in [0.1, 0.15) is 33.1 Å². The van der Waals surface area contributed by atoms with Gasteiger partial charge < -0.3 is 15.0 Å². The van der Waals surface area contributed by atoms with Crippen molar-refractivity contribution in [2.45, 2.75) is 45.3 Å². The molecule has 2 unspecified atom stereocenters. The molecule has 3 amide bonds. The summed E-state index contributed by atoms with van der Waals surface area (Å²) in [4.78, 5) is 37.2. The number of ether oxygens (including phenoxy) is 1. The third-order valence-corrected chi connectivity index (χ3v) is 3.51. The predicted molar refractivity (Wildman–Crippen MR) is 82.5 cm³/mol. The van der Waals surface area contributed by atoms with E-state index in [0.29, 0.717) is 18.8 Å². The number of hydrogen-bond donors (Lipinski definition) is 2. The van der Waals surface area contributed by atoms with Crippen molar-refractivity contribution in [3.8, 4) is 0 Å². The molecule has 0 bridgehead atoms. The van der Waals surface area contributed by atoms with Gasteiger partial charge in [0, 0.05) is 13.0 Å². The van der Waals surface area contributed by atoms with Crippen molar-refractivity contribution in [2.24, 2.45) is 5.92 Å². The summed E-state index contributed by atoms with van der Waals surface area (Å²) in [6, 6.07) is -1.31. The maximum absolute atomic E-state index is 11.8. The van der Waals surface area contributed by atoms with Crippen LogP contribution < -0.4 is 10.6 Å².